The van der Waals surface area contributed by atoms with Gasteiger partial charge in [0.2, 0.25) is 0 Å². The minimum atomic E-state index is -3.29. The molecular weight excluding hydrogens is 202 g/mol. The molecule has 0 aliphatic carbocycles. The smallest absolute Gasteiger partial charge is 0.181 e. The summed E-state index contributed by atoms with van der Waals surface area (Å²) in [5.41, 5.74) is 6.08. The summed E-state index contributed by atoms with van der Waals surface area (Å²) in [7, 11) is -3.29. The van der Waals surface area contributed by atoms with Gasteiger partial charge < -0.3 is 5.73 Å². The quantitative estimate of drug-likeness (QED) is 0.775. The van der Waals surface area contributed by atoms with Crippen molar-refractivity contribution in [1.82, 2.24) is 10.2 Å². The van der Waals surface area contributed by atoms with E-state index in [1.807, 2.05) is 13.8 Å². The molecular formula is C8H15N3O2S. The number of aromatic amines is 1. The van der Waals surface area contributed by atoms with Gasteiger partial charge in [0, 0.05) is 6.26 Å². The number of nitrogen functional groups attached to an aromatic ring is 1. The zero-order chi connectivity index (χ0) is 10.9. The number of anilines is 1. The second-order valence-corrected chi connectivity index (χ2v) is 5.74. The zero-order valence-electron chi connectivity index (χ0n) is 8.53. The third kappa shape index (κ3) is 2.25. The van der Waals surface area contributed by atoms with Crippen molar-refractivity contribution in [3.8, 4) is 0 Å². The van der Waals surface area contributed by atoms with Gasteiger partial charge in [-0.15, -0.1) is 0 Å². The largest absolute Gasteiger partial charge is 0.381 e. The van der Waals surface area contributed by atoms with Crippen LogP contribution in [0.25, 0.3) is 0 Å². The maximum atomic E-state index is 11.4. The highest BCUT2D eigenvalue weighted by Gasteiger charge is 2.20. The van der Waals surface area contributed by atoms with Crippen LogP contribution in [-0.2, 0) is 16.3 Å². The molecule has 1 heterocycles. The molecule has 0 bridgehead atoms. The predicted octanol–water partition coefficient (Wildman–Crippen LogP) is 0.594. The zero-order valence-corrected chi connectivity index (χ0v) is 9.35. The standard InChI is InChI=1S/C8H15N3O2S/c1-5(2)4-6-7(14(3,12)13)8(9)11-10-6/h5H,4H2,1-3H3,(H3,9,10,11). The number of H-pyrrole nitrogens is 1. The van der Waals surface area contributed by atoms with Crippen LogP contribution >= 0.6 is 0 Å². The molecule has 0 fully saturated rings. The second kappa shape index (κ2) is 3.61. The van der Waals surface area contributed by atoms with Gasteiger partial charge in [0.1, 0.15) is 4.90 Å². The Hall–Kier alpha value is -1.04. The summed E-state index contributed by atoms with van der Waals surface area (Å²) < 4.78 is 22.8. The maximum absolute atomic E-state index is 11.4. The van der Waals surface area contributed by atoms with E-state index in [2.05, 4.69) is 10.2 Å². The fraction of sp³-hybridized carbons (Fsp3) is 0.625. The molecule has 3 N–H and O–H groups in total. The number of rotatable bonds is 3. The molecule has 80 valence electrons. The molecule has 0 saturated carbocycles. The highest BCUT2D eigenvalue weighted by molar-refractivity contribution is 7.91. The van der Waals surface area contributed by atoms with Crippen molar-refractivity contribution in [2.24, 2.45) is 5.92 Å². The fourth-order valence-electron chi connectivity index (χ4n) is 1.34. The Kier molecular flexibility index (Phi) is 2.84. The first kappa shape index (κ1) is 11.0. The van der Waals surface area contributed by atoms with Crippen LogP contribution in [0.4, 0.5) is 5.82 Å². The first-order valence-electron chi connectivity index (χ1n) is 4.35. The maximum Gasteiger partial charge on any atom is 0.181 e. The van der Waals surface area contributed by atoms with Gasteiger partial charge in [-0.2, -0.15) is 5.10 Å². The lowest BCUT2D eigenvalue weighted by Gasteiger charge is -2.04. The van der Waals surface area contributed by atoms with Gasteiger partial charge in [0.25, 0.3) is 0 Å². The lowest BCUT2D eigenvalue weighted by molar-refractivity contribution is 0.595. The number of sulfone groups is 1. The topological polar surface area (TPSA) is 88.8 Å². The van der Waals surface area contributed by atoms with E-state index in [0.717, 1.165) is 6.26 Å². The van der Waals surface area contributed by atoms with E-state index in [0.29, 0.717) is 18.0 Å². The van der Waals surface area contributed by atoms with Gasteiger partial charge in [0.05, 0.1) is 5.69 Å². The highest BCUT2D eigenvalue weighted by atomic mass is 32.2. The summed E-state index contributed by atoms with van der Waals surface area (Å²) >= 11 is 0. The van der Waals surface area contributed by atoms with E-state index in [1.54, 1.807) is 0 Å². The normalized spacial score (nSPS) is 12.3. The van der Waals surface area contributed by atoms with Crippen molar-refractivity contribution in [2.45, 2.75) is 25.2 Å². The Bertz CT molecular complexity index is 420. The van der Waals surface area contributed by atoms with Crippen molar-refractivity contribution < 1.29 is 8.42 Å². The SMILES string of the molecule is CC(C)Cc1[nH]nc(N)c1S(C)(=O)=O. The van der Waals surface area contributed by atoms with E-state index >= 15 is 0 Å². The molecule has 1 aromatic rings. The van der Waals surface area contributed by atoms with Crippen LogP contribution in [0, 0.1) is 5.92 Å². The number of nitrogens with one attached hydrogen (secondary N) is 1. The molecule has 0 atom stereocenters. The molecule has 1 aromatic heterocycles. The third-order valence-electron chi connectivity index (χ3n) is 1.80. The van der Waals surface area contributed by atoms with Gasteiger partial charge in [-0.1, -0.05) is 13.8 Å². The van der Waals surface area contributed by atoms with E-state index in [1.165, 1.54) is 0 Å². The molecule has 0 saturated heterocycles. The number of hydrogen-bond acceptors (Lipinski definition) is 4. The van der Waals surface area contributed by atoms with Crippen LogP contribution in [0.3, 0.4) is 0 Å². The summed E-state index contributed by atoms with van der Waals surface area (Å²) in [5.74, 6) is 0.415. The number of aromatic nitrogens is 2. The van der Waals surface area contributed by atoms with E-state index in [-0.39, 0.29) is 10.7 Å². The Balaban J connectivity index is 3.20. The lowest BCUT2D eigenvalue weighted by Crippen LogP contribution is -2.05. The van der Waals surface area contributed by atoms with Gasteiger partial charge >= 0.3 is 0 Å². The summed E-state index contributed by atoms with van der Waals surface area (Å²) in [6, 6.07) is 0. The third-order valence-corrected chi connectivity index (χ3v) is 3.00. The average molecular weight is 217 g/mol. The molecule has 0 unspecified atom stereocenters. The number of nitrogens with two attached hydrogens (primary N) is 1. The Morgan fingerprint density at radius 1 is 1.50 bits per heavy atom. The van der Waals surface area contributed by atoms with Crippen molar-refractivity contribution in [2.75, 3.05) is 12.0 Å². The molecule has 1 rings (SSSR count). The molecule has 0 aliphatic rings. The summed E-state index contributed by atoms with van der Waals surface area (Å²) in [6.45, 7) is 4.01. The fourth-order valence-corrected chi connectivity index (χ4v) is 2.35. The molecule has 0 radical (unpaired) electrons. The van der Waals surface area contributed by atoms with Crippen LogP contribution in [0.1, 0.15) is 19.5 Å². The summed E-state index contributed by atoms with van der Waals surface area (Å²) in [5, 5.41) is 6.37. The van der Waals surface area contributed by atoms with E-state index < -0.39 is 9.84 Å². The van der Waals surface area contributed by atoms with Crippen LogP contribution in [-0.4, -0.2) is 24.9 Å². The van der Waals surface area contributed by atoms with Gasteiger partial charge in [-0.25, -0.2) is 8.42 Å². The van der Waals surface area contributed by atoms with Crippen LogP contribution in [0.2, 0.25) is 0 Å². The minimum absolute atomic E-state index is 0.0585. The van der Waals surface area contributed by atoms with Crippen molar-refractivity contribution in [3.63, 3.8) is 0 Å². The molecule has 0 aromatic carbocycles. The van der Waals surface area contributed by atoms with Crippen molar-refractivity contribution in [1.29, 1.82) is 0 Å². The van der Waals surface area contributed by atoms with Gasteiger partial charge in [-0.05, 0) is 12.3 Å². The first-order valence-corrected chi connectivity index (χ1v) is 6.24. The molecule has 14 heavy (non-hydrogen) atoms. The Labute approximate surface area is 83.6 Å². The Morgan fingerprint density at radius 3 is 2.50 bits per heavy atom. The number of hydrogen-bond donors (Lipinski definition) is 2. The molecule has 6 heteroatoms. The van der Waals surface area contributed by atoms with Crippen molar-refractivity contribution in [3.05, 3.63) is 5.69 Å². The predicted molar refractivity (Wildman–Crippen MR) is 54.7 cm³/mol. The van der Waals surface area contributed by atoms with Gasteiger partial charge in [0.15, 0.2) is 15.7 Å². The minimum Gasteiger partial charge on any atom is -0.381 e. The number of nitrogens with zero attached hydrogens (tertiary/aromatic N) is 1. The van der Waals surface area contributed by atoms with Crippen molar-refractivity contribution >= 4 is 15.7 Å². The highest BCUT2D eigenvalue weighted by Crippen LogP contribution is 2.22. The molecule has 0 spiro atoms. The van der Waals surface area contributed by atoms with E-state index in [4.69, 9.17) is 5.73 Å². The van der Waals surface area contributed by atoms with Crippen LogP contribution in [0.5, 0.6) is 0 Å². The summed E-state index contributed by atoms with van der Waals surface area (Å²) in [6.07, 6.45) is 1.77. The van der Waals surface area contributed by atoms with Crippen LogP contribution < -0.4 is 5.73 Å². The van der Waals surface area contributed by atoms with Gasteiger partial charge in [-0.3, -0.25) is 5.10 Å². The average Bonchev–Trinajstić information content (AvgIpc) is 2.28. The lowest BCUT2D eigenvalue weighted by atomic mass is 10.1. The Morgan fingerprint density at radius 2 is 2.07 bits per heavy atom. The first-order chi connectivity index (χ1) is 6.32. The molecule has 5 nitrogen and oxygen atoms in total. The molecule has 0 aliphatic heterocycles. The second-order valence-electron chi connectivity index (χ2n) is 3.79. The molecule has 0 amide bonds. The monoisotopic (exact) mass is 217 g/mol. The summed E-state index contributed by atoms with van der Waals surface area (Å²) in [4.78, 5) is 0.145. The van der Waals surface area contributed by atoms with Crippen LogP contribution in [0.15, 0.2) is 4.90 Å². The van der Waals surface area contributed by atoms with E-state index in [9.17, 15) is 8.42 Å².